The van der Waals surface area contributed by atoms with Crippen LogP contribution >= 0.6 is 15.9 Å². The second kappa shape index (κ2) is 9.22. The highest BCUT2D eigenvalue weighted by molar-refractivity contribution is 9.10. The molecule has 6 heteroatoms. The van der Waals surface area contributed by atoms with Crippen LogP contribution in [0.1, 0.15) is 22.3 Å². The summed E-state index contributed by atoms with van der Waals surface area (Å²) in [5.41, 5.74) is 6.84. The third-order valence-electron chi connectivity index (χ3n) is 3.82. The molecule has 0 saturated carbocycles. The maximum Gasteiger partial charge on any atom is 0.257 e. The summed E-state index contributed by atoms with van der Waals surface area (Å²) in [4.78, 5) is 25.8. The van der Waals surface area contributed by atoms with Crippen LogP contribution in [0.3, 0.4) is 0 Å². The average molecular weight is 405 g/mol. The molecule has 0 bridgehead atoms. The normalized spacial score (nSPS) is 10.3. The Labute approximate surface area is 155 Å². The van der Waals surface area contributed by atoms with Gasteiger partial charge in [-0.1, -0.05) is 46.3 Å². The van der Waals surface area contributed by atoms with Crippen molar-refractivity contribution < 1.29 is 14.3 Å². The van der Waals surface area contributed by atoms with Crippen LogP contribution in [0.2, 0.25) is 0 Å². The van der Waals surface area contributed by atoms with E-state index in [0.29, 0.717) is 24.3 Å². The summed E-state index contributed by atoms with van der Waals surface area (Å²) in [6, 6.07) is 15.2. The minimum absolute atomic E-state index is 0.122. The molecule has 0 aliphatic carbocycles. The number of hydrogen-bond acceptors (Lipinski definition) is 3. The number of benzene rings is 2. The fourth-order valence-corrected chi connectivity index (χ4v) is 2.85. The third-order valence-corrected chi connectivity index (χ3v) is 4.31. The predicted octanol–water partition coefficient (Wildman–Crippen LogP) is 3.02. The largest absolute Gasteiger partial charge is 0.496 e. The van der Waals surface area contributed by atoms with E-state index in [4.69, 9.17) is 10.5 Å². The van der Waals surface area contributed by atoms with Crippen molar-refractivity contribution in [3.8, 4) is 5.75 Å². The van der Waals surface area contributed by atoms with E-state index >= 15 is 0 Å². The molecule has 2 aromatic carbocycles. The average Bonchev–Trinajstić information content (AvgIpc) is 2.62. The second-order valence-corrected chi connectivity index (χ2v) is 6.50. The number of carbonyl (C=O) groups excluding carboxylic acids is 2. The lowest BCUT2D eigenvalue weighted by Gasteiger charge is -2.23. The van der Waals surface area contributed by atoms with Gasteiger partial charge in [-0.2, -0.15) is 0 Å². The summed E-state index contributed by atoms with van der Waals surface area (Å²) >= 11 is 3.38. The van der Waals surface area contributed by atoms with Gasteiger partial charge in [0.15, 0.2) is 0 Å². The number of amides is 2. The Morgan fingerprint density at radius 3 is 2.48 bits per heavy atom. The van der Waals surface area contributed by atoms with Crippen LogP contribution in [-0.4, -0.2) is 36.9 Å². The molecule has 25 heavy (non-hydrogen) atoms. The van der Waals surface area contributed by atoms with Gasteiger partial charge in [-0.25, -0.2) is 0 Å². The van der Waals surface area contributed by atoms with Gasteiger partial charge in [0.1, 0.15) is 5.75 Å². The maximum atomic E-state index is 13.0. The third kappa shape index (κ3) is 5.60. The van der Waals surface area contributed by atoms with Crippen LogP contribution in [0.5, 0.6) is 5.75 Å². The van der Waals surface area contributed by atoms with Crippen LogP contribution in [0.4, 0.5) is 0 Å². The summed E-state index contributed by atoms with van der Waals surface area (Å²) in [6.45, 7) is 0.766. The Balaban J connectivity index is 2.20. The number of methoxy groups -OCH3 is 1. The fraction of sp³-hybridized carbons (Fsp3) is 0.263. The van der Waals surface area contributed by atoms with Gasteiger partial charge in [-0.05, 0) is 30.2 Å². The molecule has 2 amide bonds. The molecular weight excluding hydrogens is 384 g/mol. The molecular formula is C19H21BrN2O3. The molecule has 0 saturated heterocycles. The van der Waals surface area contributed by atoms with Gasteiger partial charge >= 0.3 is 0 Å². The summed E-state index contributed by atoms with van der Waals surface area (Å²) in [5, 5.41) is 0. The number of carbonyl (C=O) groups is 2. The second-order valence-electron chi connectivity index (χ2n) is 5.59. The Bertz CT molecular complexity index is 735. The lowest BCUT2D eigenvalue weighted by Crippen LogP contribution is -2.36. The van der Waals surface area contributed by atoms with Crippen molar-refractivity contribution in [2.24, 2.45) is 5.73 Å². The van der Waals surface area contributed by atoms with E-state index in [1.807, 2.05) is 36.4 Å². The lowest BCUT2D eigenvalue weighted by atomic mass is 10.1. The van der Waals surface area contributed by atoms with Gasteiger partial charge in [-0.3, -0.25) is 9.59 Å². The SMILES string of the molecule is COc1ccc(Br)cc1C(=O)N(CCC(N)=O)CCc1ccccc1. The monoisotopic (exact) mass is 404 g/mol. The van der Waals surface area contributed by atoms with Crippen LogP contribution < -0.4 is 10.5 Å². The zero-order chi connectivity index (χ0) is 18.2. The summed E-state index contributed by atoms with van der Waals surface area (Å²) in [7, 11) is 1.53. The number of halogens is 1. The molecule has 0 unspecified atom stereocenters. The van der Waals surface area contributed by atoms with Crippen molar-refractivity contribution in [3.63, 3.8) is 0 Å². The van der Waals surface area contributed by atoms with Crippen LogP contribution in [0.25, 0.3) is 0 Å². The zero-order valence-corrected chi connectivity index (χ0v) is 15.7. The first-order chi connectivity index (χ1) is 12.0. The minimum Gasteiger partial charge on any atom is -0.496 e. The van der Waals surface area contributed by atoms with Crippen LogP contribution in [0.15, 0.2) is 53.0 Å². The van der Waals surface area contributed by atoms with E-state index in [9.17, 15) is 9.59 Å². The van der Waals surface area contributed by atoms with Crippen molar-refractivity contribution in [1.82, 2.24) is 4.90 Å². The molecule has 0 heterocycles. The summed E-state index contributed by atoms with van der Waals surface area (Å²) in [5.74, 6) is -0.119. The van der Waals surface area contributed by atoms with Gasteiger partial charge in [0, 0.05) is 24.0 Å². The molecule has 2 N–H and O–H groups in total. The minimum atomic E-state index is -0.432. The Morgan fingerprint density at radius 1 is 1.12 bits per heavy atom. The molecule has 0 fully saturated rings. The van der Waals surface area contributed by atoms with E-state index < -0.39 is 5.91 Å². The van der Waals surface area contributed by atoms with Crippen molar-refractivity contribution in [3.05, 3.63) is 64.1 Å². The molecule has 5 nitrogen and oxygen atoms in total. The van der Waals surface area contributed by atoms with E-state index in [2.05, 4.69) is 15.9 Å². The Morgan fingerprint density at radius 2 is 1.84 bits per heavy atom. The van der Waals surface area contributed by atoms with E-state index in [-0.39, 0.29) is 18.9 Å². The first kappa shape index (κ1) is 19.0. The highest BCUT2D eigenvalue weighted by Crippen LogP contribution is 2.24. The van der Waals surface area contributed by atoms with Gasteiger partial charge < -0.3 is 15.4 Å². The number of rotatable bonds is 8. The summed E-state index contributed by atoms with van der Waals surface area (Å²) in [6.07, 6.45) is 0.818. The molecule has 0 spiro atoms. The topological polar surface area (TPSA) is 72.6 Å². The molecule has 2 rings (SSSR count). The maximum absolute atomic E-state index is 13.0. The molecule has 132 valence electrons. The number of nitrogens with two attached hydrogens (primary N) is 1. The first-order valence-corrected chi connectivity index (χ1v) is 8.75. The highest BCUT2D eigenvalue weighted by atomic mass is 79.9. The predicted molar refractivity (Wildman–Crippen MR) is 101 cm³/mol. The van der Waals surface area contributed by atoms with Gasteiger partial charge in [0.2, 0.25) is 5.91 Å². The van der Waals surface area contributed by atoms with Gasteiger partial charge in [-0.15, -0.1) is 0 Å². The number of ether oxygens (including phenoxy) is 1. The van der Waals surface area contributed by atoms with Crippen LogP contribution in [0, 0.1) is 0 Å². The van der Waals surface area contributed by atoms with Crippen LogP contribution in [-0.2, 0) is 11.2 Å². The molecule has 0 aromatic heterocycles. The summed E-state index contributed by atoms with van der Waals surface area (Å²) < 4.78 is 6.09. The van der Waals surface area contributed by atoms with Crippen molar-refractivity contribution in [2.45, 2.75) is 12.8 Å². The standard InChI is InChI=1S/C19H21BrN2O3/c1-25-17-8-7-15(20)13-16(17)19(24)22(12-10-18(21)23)11-9-14-5-3-2-4-6-14/h2-8,13H,9-12H2,1H3,(H2,21,23). The fourth-order valence-electron chi connectivity index (χ4n) is 2.49. The molecule has 2 aromatic rings. The van der Waals surface area contributed by atoms with E-state index in [1.54, 1.807) is 17.0 Å². The Kier molecular flexibility index (Phi) is 7.01. The number of primary amides is 1. The lowest BCUT2D eigenvalue weighted by molar-refractivity contribution is -0.118. The smallest absolute Gasteiger partial charge is 0.257 e. The molecule has 0 atom stereocenters. The molecule has 0 aliphatic rings. The van der Waals surface area contributed by atoms with Crippen molar-refractivity contribution >= 4 is 27.7 Å². The quantitative estimate of drug-likeness (QED) is 0.734. The Hall–Kier alpha value is -2.34. The van der Waals surface area contributed by atoms with E-state index in [1.165, 1.54) is 7.11 Å². The molecule has 0 radical (unpaired) electrons. The number of hydrogen-bond donors (Lipinski definition) is 1. The van der Waals surface area contributed by atoms with Gasteiger partial charge in [0.25, 0.3) is 5.91 Å². The van der Waals surface area contributed by atoms with Crippen molar-refractivity contribution in [2.75, 3.05) is 20.2 Å². The van der Waals surface area contributed by atoms with E-state index in [0.717, 1.165) is 10.0 Å². The first-order valence-electron chi connectivity index (χ1n) is 7.96. The van der Waals surface area contributed by atoms with Gasteiger partial charge in [0.05, 0.1) is 12.7 Å². The van der Waals surface area contributed by atoms with Crippen molar-refractivity contribution in [1.29, 1.82) is 0 Å². The highest BCUT2D eigenvalue weighted by Gasteiger charge is 2.20. The zero-order valence-electron chi connectivity index (χ0n) is 14.1. The number of nitrogens with zero attached hydrogens (tertiary/aromatic N) is 1. The molecule has 0 aliphatic heterocycles.